The molecule has 4 nitrogen and oxygen atoms in total. The number of ether oxygens (including phenoxy) is 2. The lowest BCUT2D eigenvalue weighted by Crippen LogP contribution is -2.49. The van der Waals surface area contributed by atoms with E-state index < -0.39 is 6.04 Å². The Morgan fingerprint density at radius 3 is 2.61 bits per heavy atom. The largest absolute Gasteiger partial charge is 0.468 e. The average molecular weight is 249 g/mol. The van der Waals surface area contributed by atoms with Crippen LogP contribution in [0.4, 0.5) is 0 Å². The summed E-state index contributed by atoms with van der Waals surface area (Å²) in [5.41, 5.74) is 1.05. The number of benzene rings is 1. The van der Waals surface area contributed by atoms with Crippen molar-refractivity contribution >= 4 is 5.97 Å². The topological polar surface area (TPSA) is 47.6 Å². The van der Waals surface area contributed by atoms with Gasteiger partial charge in [0, 0.05) is 12.0 Å². The summed E-state index contributed by atoms with van der Waals surface area (Å²) in [6.45, 7) is 4.36. The maximum atomic E-state index is 11.8. The van der Waals surface area contributed by atoms with E-state index in [2.05, 4.69) is 12.2 Å². The Morgan fingerprint density at radius 1 is 1.44 bits per heavy atom. The standard InChI is InChI=1S/C14H19NO3/c1-14(9-18-10-14)8-15-12(13(16)17-2)11-6-4-3-5-7-11/h3-7,12,15H,8-10H2,1-2H3. The van der Waals surface area contributed by atoms with Gasteiger partial charge in [-0.25, -0.2) is 4.79 Å². The number of hydrogen-bond acceptors (Lipinski definition) is 4. The predicted octanol–water partition coefficient (Wildman–Crippen LogP) is 1.53. The van der Waals surface area contributed by atoms with E-state index in [-0.39, 0.29) is 11.4 Å². The van der Waals surface area contributed by atoms with Crippen LogP contribution in [0.3, 0.4) is 0 Å². The Kier molecular flexibility index (Phi) is 3.99. The van der Waals surface area contributed by atoms with E-state index in [1.807, 2.05) is 30.3 Å². The van der Waals surface area contributed by atoms with Crippen LogP contribution in [-0.2, 0) is 14.3 Å². The molecular formula is C14H19NO3. The third kappa shape index (κ3) is 2.89. The van der Waals surface area contributed by atoms with Gasteiger partial charge < -0.3 is 9.47 Å². The van der Waals surface area contributed by atoms with E-state index in [1.165, 1.54) is 7.11 Å². The molecule has 1 aromatic rings. The van der Waals surface area contributed by atoms with Gasteiger partial charge in [0.1, 0.15) is 6.04 Å². The molecule has 1 fully saturated rings. The van der Waals surface area contributed by atoms with Crippen molar-refractivity contribution in [2.75, 3.05) is 26.9 Å². The highest BCUT2D eigenvalue weighted by atomic mass is 16.5. The minimum atomic E-state index is -0.409. The second kappa shape index (κ2) is 5.50. The van der Waals surface area contributed by atoms with Crippen molar-refractivity contribution in [1.82, 2.24) is 5.32 Å². The molecule has 0 aliphatic carbocycles. The summed E-state index contributed by atoms with van der Waals surface area (Å²) in [6, 6.07) is 9.21. The van der Waals surface area contributed by atoms with E-state index in [4.69, 9.17) is 9.47 Å². The van der Waals surface area contributed by atoms with Crippen LogP contribution in [0.15, 0.2) is 30.3 Å². The van der Waals surface area contributed by atoms with Crippen molar-refractivity contribution in [2.45, 2.75) is 13.0 Å². The fraction of sp³-hybridized carbons (Fsp3) is 0.500. The Hall–Kier alpha value is -1.39. The molecule has 1 aromatic carbocycles. The first-order chi connectivity index (χ1) is 8.64. The summed E-state index contributed by atoms with van der Waals surface area (Å²) in [5.74, 6) is -0.259. The van der Waals surface area contributed by atoms with Crippen LogP contribution >= 0.6 is 0 Å². The summed E-state index contributed by atoms with van der Waals surface area (Å²) < 4.78 is 10.1. The monoisotopic (exact) mass is 249 g/mol. The van der Waals surface area contributed by atoms with Crippen LogP contribution in [0.1, 0.15) is 18.5 Å². The fourth-order valence-electron chi connectivity index (χ4n) is 2.00. The normalized spacial score (nSPS) is 18.8. The van der Waals surface area contributed by atoms with Crippen LogP contribution in [0.25, 0.3) is 0 Å². The minimum absolute atomic E-state index is 0.126. The molecule has 1 atom stereocenters. The molecule has 0 radical (unpaired) electrons. The number of carbonyl (C=O) groups is 1. The maximum absolute atomic E-state index is 11.8. The van der Waals surface area contributed by atoms with Gasteiger partial charge in [-0.1, -0.05) is 37.3 Å². The van der Waals surface area contributed by atoms with Gasteiger partial charge in [-0.05, 0) is 5.56 Å². The highest BCUT2D eigenvalue weighted by Gasteiger charge is 2.34. The van der Waals surface area contributed by atoms with Gasteiger partial charge in [0.15, 0.2) is 0 Å². The maximum Gasteiger partial charge on any atom is 0.327 e. The number of esters is 1. The van der Waals surface area contributed by atoms with Gasteiger partial charge in [-0.15, -0.1) is 0 Å². The number of rotatable bonds is 5. The summed E-state index contributed by atoms with van der Waals surface area (Å²) in [4.78, 5) is 11.8. The predicted molar refractivity (Wildman–Crippen MR) is 68.1 cm³/mol. The minimum Gasteiger partial charge on any atom is -0.468 e. The van der Waals surface area contributed by atoms with Crippen LogP contribution in [0.5, 0.6) is 0 Å². The quantitative estimate of drug-likeness (QED) is 0.804. The zero-order valence-corrected chi connectivity index (χ0v) is 10.8. The molecule has 1 heterocycles. The number of nitrogens with one attached hydrogen (secondary N) is 1. The fourth-order valence-corrected chi connectivity index (χ4v) is 2.00. The van der Waals surface area contributed by atoms with Gasteiger partial charge in [-0.3, -0.25) is 5.32 Å². The number of methoxy groups -OCH3 is 1. The molecule has 18 heavy (non-hydrogen) atoms. The van der Waals surface area contributed by atoms with Gasteiger partial charge in [0.25, 0.3) is 0 Å². The molecule has 1 aliphatic rings. The Morgan fingerprint density at radius 2 is 2.11 bits per heavy atom. The molecule has 0 aromatic heterocycles. The lowest BCUT2D eigenvalue weighted by Gasteiger charge is -2.39. The summed E-state index contributed by atoms with van der Waals surface area (Å²) in [6.07, 6.45) is 0. The molecule has 1 N–H and O–H groups in total. The average Bonchev–Trinajstić information content (AvgIpc) is 2.37. The summed E-state index contributed by atoms with van der Waals surface area (Å²) in [5, 5.41) is 3.27. The van der Waals surface area contributed by atoms with Crippen LogP contribution in [0.2, 0.25) is 0 Å². The molecule has 0 bridgehead atoms. The molecule has 1 saturated heterocycles. The van der Waals surface area contributed by atoms with Crippen molar-refractivity contribution in [3.8, 4) is 0 Å². The lowest BCUT2D eigenvalue weighted by atomic mass is 9.88. The Bertz CT molecular complexity index is 401. The second-order valence-electron chi connectivity index (χ2n) is 5.05. The molecule has 0 saturated carbocycles. The third-order valence-electron chi connectivity index (χ3n) is 3.20. The van der Waals surface area contributed by atoms with Gasteiger partial charge in [0.05, 0.1) is 20.3 Å². The lowest BCUT2D eigenvalue weighted by molar-refractivity contribution is -0.144. The van der Waals surface area contributed by atoms with Crippen molar-refractivity contribution in [2.24, 2.45) is 5.41 Å². The molecule has 4 heteroatoms. The highest BCUT2D eigenvalue weighted by Crippen LogP contribution is 2.26. The van der Waals surface area contributed by atoms with E-state index in [0.717, 1.165) is 25.3 Å². The summed E-state index contributed by atoms with van der Waals surface area (Å²) in [7, 11) is 1.41. The number of carbonyl (C=O) groups excluding carboxylic acids is 1. The van der Waals surface area contributed by atoms with Crippen molar-refractivity contribution in [3.05, 3.63) is 35.9 Å². The molecule has 0 spiro atoms. The van der Waals surface area contributed by atoms with Crippen LogP contribution in [-0.4, -0.2) is 32.8 Å². The molecule has 1 aliphatic heterocycles. The Labute approximate surface area is 107 Å². The first-order valence-electron chi connectivity index (χ1n) is 6.08. The van der Waals surface area contributed by atoms with Crippen molar-refractivity contribution in [3.63, 3.8) is 0 Å². The van der Waals surface area contributed by atoms with Gasteiger partial charge >= 0.3 is 5.97 Å². The molecule has 2 rings (SSSR count). The molecular weight excluding hydrogens is 230 g/mol. The van der Waals surface area contributed by atoms with Crippen LogP contribution < -0.4 is 5.32 Å². The zero-order chi connectivity index (χ0) is 13.0. The highest BCUT2D eigenvalue weighted by molar-refractivity contribution is 5.77. The SMILES string of the molecule is COC(=O)C(NCC1(C)COC1)c1ccccc1. The van der Waals surface area contributed by atoms with E-state index in [0.29, 0.717) is 0 Å². The molecule has 98 valence electrons. The second-order valence-corrected chi connectivity index (χ2v) is 5.05. The first-order valence-corrected chi connectivity index (χ1v) is 6.08. The third-order valence-corrected chi connectivity index (χ3v) is 3.20. The number of hydrogen-bond donors (Lipinski definition) is 1. The van der Waals surface area contributed by atoms with E-state index in [1.54, 1.807) is 0 Å². The van der Waals surface area contributed by atoms with Crippen molar-refractivity contribution < 1.29 is 14.3 Å². The zero-order valence-electron chi connectivity index (χ0n) is 10.8. The van der Waals surface area contributed by atoms with Gasteiger partial charge in [-0.2, -0.15) is 0 Å². The van der Waals surface area contributed by atoms with E-state index >= 15 is 0 Å². The van der Waals surface area contributed by atoms with Gasteiger partial charge in [0.2, 0.25) is 0 Å². The first kappa shape index (κ1) is 13.1. The Balaban J connectivity index is 2.04. The smallest absolute Gasteiger partial charge is 0.327 e. The summed E-state index contributed by atoms with van der Waals surface area (Å²) >= 11 is 0. The van der Waals surface area contributed by atoms with Crippen LogP contribution in [0, 0.1) is 5.41 Å². The molecule has 0 amide bonds. The van der Waals surface area contributed by atoms with Crippen molar-refractivity contribution in [1.29, 1.82) is 0 Å². The van der Waals surface area contributed by atoms with E-state index in [9.17, 15) is 4.79 Å². The molecule has 1 unspecified atom stereocenters.